The van der Waals surface area contributed by atoms with Crippen molar-refractivity contribution in [3.8, 4) is 11.5 Å². The minimum atomic E-state index is -0.0651. The minimum absolute atomic E-state index is 0.0651. The van der Waals surface area contributed by atoms with Gasteiger partial charge in [-0.1, -0.05) is 48.5 Å². The van der Waals surface area contributed by atoms with E-state index in [1.54, 1.807) is 12.1 Å². The largest absolute Gasteiger partial charge is 0.504 e. The van der Waals surface area contributed by atoms with Gasteiger partial charge in [0.05, 0.1) is 0 Å². The van der Waals surface area contributed by atoms with Crippen molar-refractivity contribution in [1.82, 2.24) is 0 Å². The fraction of sp³-hybridized carbons (Fsp3) is 0.0909. The summed E-state index contributed by atoms with van der Waals surface area (Å²) in [5.41, 5.74) is 5.36. The van der Waals surface area contributed by atoms with Crippen molar-refractivity contribution >= 4 is 21.5 Å². The van der Waals surface area contributed by atoms with Gasteiger partial charge >= 0.3 is 0 Å². The molecule has 2 N–H and O–H groups in total. The number of hydrogen-bond donors (Lipinski definition) is 2. The first kappa shape index (κ1) is 13.4. The van der Waals surface area contributed by atoms with Crippen LogP contribution in [0.5, 0.6) is 11.5 Å². The molecule has 0 saturated carbocycles. The second-order valence-corrected chi connectivity index (χ2v) is 6.63. The van der Waals surface area contributed by atoms with Crippen LogP contribution in [0.3, 0.4) is 0 Å². The molecule has 0 fully saturated rings. The lowest BCUT2D eigenvalue weighted by Crippen LogP contribution is -2.07. The molecule has 0 unspecified atom stereocenters. The van der Waals surface area contributed by atoms with Gasteiger partial charge in [-0.3, -0.25) is 0 Å². The Morgan fingerprint density at radius 1 is 0.500 bits per heavy atom. The maximum Gasteiger partial charge on any atom is 0.158 e. The summed E-state index contributed by atoms with van der Waals surface area (Å²) in [6.07, 6.45) is 1.82. The molecule has 1 aliphatic carbocycles. The first-order valence-corrected chi connectivity index (χ1v) is 8.15. The van der Waals surface area contributed by atoms with E-state index < -0.39 is 0 Å². The van der Waals surface area contributed by atoms with Crippen LogP contribution in [-0.4, -0.2) is 10.2 Å². The molecule has 0 amide bonds. The van der Waals surface area contributed by atoms with Crippen LogP contribution in [-0.2, 0) is 12.8 Å². The molecule has 0 saturated heterocycles. The van der Waals surface area contributed by atoms with Crippen molar-refractivity contribution in [1.29, 1.82) is 0 Å². The number of phenols is 2. The van der Waals surface area contributed by atoms with Gasteiger partial charge in [0.2, 0.25) is 0 Å². The Kier molecular flexibility index (Phi) is 2.66. The predicted octanol–water partition coefficient (Wildman–Crippen LogP) is 4.90. The molecule has 4 aromatic rings. The van der Waals surface area contributed by atoms with Gasteiger partial charge in [0.15, 0.2) is 11.5 Å². The van der Waals surface area contributed by atoms with Crippen LogP contribution < -0.4 is 0 Å². The lowest BCUT2D eigenvalue weighted by Gasteiger charge is -2.21. The van der Waals surface area contributed by atoms with E-state index in [4.69, 9.17) is 0 Å². The molecule has 0 aromatic heterocycles. The van der Waals surface area contributed by atoms with Crippen molar-refractivity contribution in [3.63, 3.8) is 0 Å². The summed E-state index contributed by atoms with van der Waals surface area (Å²) in [5, 5.41) is 24.0. The smallest absolute Gasteiger partial charge is 0.158 e. The van der Waals surface area contributed by atoms with E-state index in [9.17, 15) is 10.2 Å². The van der Waals surface area contributed by atoms with Gasteiger partial charge in [0, 0.05) is 0 Å². The third-order valence-corrected chi connectivity index (χ3v) is 5.08. The Morgan fingerprint density at radius 3 is 1.29 bits per heavy atom. The highest BCUT2D eigenvalue weighted by Crippen LogP contribution is 2.36. The minimum Gasteiger partial charge on any atom is -0.504 e. The Hall–Kier alpha value is -3.00. The molecule has 2 heteroatoms. The third kappa shape index (κ3) is 1.96. The standard InChI is InChI=1S/C22H16O2/c23-21-11-19-9-17-7-15-5-13-3-1-2-4-14(13)6-16(15)8-18(17)10-20(19)12-22(21)24/h1-6,9-12,23-24H,7-8H2. The van der Waals surface area contributed by atoms with Crippen molar-refractivity contribution in [3.05, 3.63) is 82.9 Å². The van der Waals surface area contributed by atoms with Crippen LogP contribution in [0.15, 0.2) is 60.7 Å². The predicted molar refractivity (Wildman–Crippen MR) is 96.8 cm³/mol. The van der Waals surface area contributed by atoms with Crippen LogP contribution in [0.2, 0.25) is 0 Å². The second kappa shape index (κ2) is 4.75. The molecule has 0 spiro atoms. The fourth-order valence-electron chi connectivity index (χ4n) is 3.82. The highest BCUT2D eigenvalue weighted by molar-refractivity contribution is 5.89. The summed E-state index contributed by atoms with van der Waals surface area (Å²) in [6.45, 7) is 0. The van der Waals surface area contributed by atoms with Gasteiger partial charge in [-0.05, 0) is 68.8 Å². The molecule has 0 aliphatic heterocycles. The number of hydrogen-bond acceptors (Lipinski definition) is 2. The first-order valence-electron chi connectivity index (χ1n) is 8.15. The van der Waals surface area contributed by atoms with E-state index in [2.05, 4.69) is 48.5 Å². The van der Waals surface area contributed by atoms with Crippen LogP contribution in [0.4, 0.5) is 0 Å². The number of benzene rings is 4. The quantitative estimate of drug-likeness (QED) is 0.399. The van der Waals surface area contributed by atoms with Crippen molar-refractivity contribution in [2.45, 2.75) is 12.8 Å². The Labute approximate surface area is 139 Å². The summed E-state index contributed by atoms with van der Waals surface area (Å²) in [5.74, 6) is -0.130. The van der Waals surface area contributed by atoms with Crippen LogP contribution in [0.1, 0.15) is 22.3 Å². The fourth-order valence-corrected chi connectivity index (χ4v) is 3.82. The van der Waals surface area contributed by atoms with E-state index in [-0.39, 0.29) is 11.5 Å². The summed E-state index contributed by atoms with van der Waals surface area (Å²) >= 11 is 0. The maximum absolute atomic E-state index is 9.75. The number of phenolic OH excluding ortho intramolecular Hbond substituents is 2. The highest BCUT2D eigenvalue weighted by atomic mass is 16.3. The van der Waals surface area contributed by atoms with E-state index in [0.29, 0.717) is 0 Å². The molecule has 0 bridgehead atoms. The number of fused-ring (bicyclic) bond motifs is 4. The molecule has 4 aromatic carbocycles. The van der Waals surface area contributed by atoms with Gasteiger partial charge < -0.3 is 10.2 Å². The van der Waals surface area contributed by atoms with E-state index >= 15 is 0 Å². The van der Waals surface area contributed by atoms with E-state index in [1.165, 1.54) is 33.0 Å². The summed E-state index contributed by atoms with van der Waals surface area (Å²) in [4.78, 5) is 0. The van der Waals surface area contributed by atoms with Gasteiger partial charge in [0.25, 0.3) is 0 Å². The van der Waals surface area contributed by atoms with Crippen LogP contribution in [0.25, 0.3) is 21.5 Å². The topological polar surface area (TPSA) is 40.5 Å². The zero-order valence-corrected chi connectivity index (χ0v) is 13.1. The molecule has 116 valence electrons. The SMILES string of the molecule is Oc1cc2cc3c(cc2cc1O)Cc1cc2ccccc2cc1C3. The van der Waals surface area contributed by atoms with Crippen molar-refractivity contribution in [2.24, 2.45) is 0 Å². The number of aromatic hydroxyl groups is 2. The summed E-state index contributed by atoms with van der Waals surface area (Å²) < 4.78 is 0. The van der Waals surface area contributed by atoms with Crippen LogP contribution in [0, 0.1) is 0 Å². The molecule has 1 aliphatic rings. The highest BCUT2D eigenvalue weighted by Gasteiger charge is 2.17. The maximum atomic E-state index is 9.75. The molecule has 0 atom stereocenters. The van der Waals surface area contributed by atoms with Crippen molar-refractivity contribution in [2.75, 3.05) is 0 Å². The Morgan fingerprint density at radius 2 is 0.875 bits per heavy atom. The molecule has 2 nitrogen and oxygen atoms in total. The lowest BCUT2D eigenvalue weighted by molar-refractivity contribution is 0.405. The van der Waals surface area contributed by atoms with Gasteiger partial charge in [-0.25, -0.2) is 0 Å². The average Bonchev–Trinajstić information content (AvgIpc) is 2.58. The second-order valence-electron chi connectivity index (χ2n) is 6.63. The Balaban J connectivity index is 1.69. The Bertz CT molecular complexity index is 1040. The van der Waals surface area contributed by atoms with Crippen molar-refractivity contribution < 1.29 is 10.2 Å². The van der Waals surface area contributed by atoms with Crippen LogP contribution >= 0.6 is 0 Å². The zero-order valence-electron chi connectivity index (χ0n) is 13.1. The number of rotatable bonds is 0. The lowest BCUT2D eigenvalue weighted by atomic mass is 9.83. The molecule has 0 heterocycles. The van der Waals surface area contributed by atoms with E-state index in [0.717, 1.165) is 23.6 Å². The van der Waals surface area contributed by atoms with Gasteiger partial charge in [-0.15, -0.1) is 0 Å². The molecular weight excluding hydrogens is 296 g/mol. The molecule has 5 rings (SSSR count). The third-order valence-electron chi connectivity index (χ3n) is 5.08. The monoisotopic (exact) mass is 312 g/mol. The molecule has 24 heavy (non-hydrogen) atoms. The average molecular weight is 312 g/mol. The summed E-state index contributed by atoms with van der Waals surface area (Å²) in [7, 11) is 0. The van der Waals surface area contributed by atoms with Gasteiger partial charge in [-0.2, -0.15) is 0 Å². The zero-order chi connectivity index (χ0) is 16.3. The summed E-state index contributed by atoms with van der Waals surface area (Å²) in [6, 6.07) is 20.6. The van der Waals surface area contributed by atoms with E-state index in [1.807, 2.05) is 0 Å². The molecular formula is C22H16O2. The first-order chi connectivity index (χ1) is 11.7. The van der Waals surface area contributed by atoms with Gasteiger partial charge in [0.1, 0.15) is 0 Å². The normalized spacial score (nSPS) is 13.0. The molecule has 0 radical (unpaired) electrons.